The van der Waals surface area contributed by atoms with E-state index in [-0.39, 0.29) is 41.8 Å². The summed E-state index contributed by atoms with van der Waals surface area (Å²) in [5, 5.41) is 18.3. The number of rotatable bonds is 0. The Labute approximate surface area is 134 Å². The minimum absolute atomic E-state index is 0. The molecule has 2 rings (SSSR count). The zero-order valence-electron chi connectivity index (χ0n) is 10.3. The van der Waals surface area contributed by atoms with Crippen molar-refractivity contribution in [2.24, 2.45) is 0 Å². The quantitative estimate of drug-likeness (QED) is 0.713. The molecule has 0 atom stereocenters. The van der Waals surface area contributed by atoms with Crippen LogP contribution in [0.15, 0.2) is 48.5 Å². The molecule has 0 radical (unpaired) electrons. The first-order valence-corrected chi connectivity index (χ1v) is 5.23. The molecule has 0 aliphatic carbocycles. The zero-order chi connectivity index (χ0) is 12.0. The minimum Gasteiger partial charge on any atom is -1.00 e. The summed E-state index contributed by atoms with van der Waals surface area (Å²) in [6, 6.07) is 13.2. The van der Waals surface area contributed by atoms with Crippen LogP contribution in [0, 0.1) is 0 Å². The Morgan fingerprint density at radius 2 is 1.47 bits per heavy atom. The summed E-state index contributed by atoms with van der Waals surface area (Å²) in [6.07, 6.45) is 0. The molecule has 0 amide bonds. The molecule has 17 heavy (non-hydrogen) atoms. The predicted molar refractivity (Wildman–Crippen MR) is 67.3 cm³/mol. The van der Waals surface area contributed by atoms with Gasteiger partial charge in [-0.1, -0.05) is 41.4 Å². The van der Waals surface area contributed by atoms with Crippen molar-refractivity contribution in [3.05, 3.63) is 58.6 Å². The first-order chi connectivity index (χ1) is 7.59. The molecule has 0 saturated carbocycles. The fourth-order valence-electron chi connectivity index (χ4n) is 0.909. The van der Waals surface area contributed by atoms with Crippen LogP contribution in [-0.4, -0.2) is 10.2 Å². The number of hydrogen-bond donors (Lipinski definition) is 2. The van der Waals surface area contributed by atoms with Crippen LogP contribution in [0.3, 0.4) is 0 Å². The molecule has 0 fully saturated rings. The molecule has 0 spiro atoms. The van der Waals surface area contributed by atoms with E-state index in [0.717, 1.165) is 0 Å². The van der Waals surface area contributed by atoms with Crippen LogP contribution >= 0.6 is 23.2 Å². The zero-order valence-corrected chi connectivity index (χ0v) is 12.8. The van der Waals surface area contributed by atoms with Crippen LogP contribution in [0.2, 0.25) is 10.0 Å². The van der Waals surface area contributed by atoms with Gasteiger partial charge in [0.25, 0.3) is 0 Å². The number of hydrogen-bond acceptors (Lipinski definition) is 2. The predicted octanol–water partition coefficient (Wildman–Crippen LogP) is 1.21. The summed E-state index contributed by atoms with van der Waals surface area (Å²) in [7, 11) is 0. The fourth-order valence-corrected chi connectivity index (χ4v) is 1.32. The molecule has 2 aromatic rings. The van der Waals surface area contributed by atoms with E-state index in [1.165, 1.54) is 12.1 Å². The van der Waals surface area contributed by atoms with E-state index in [9.17, 15) is 0 Å². The van der Waals surface area contributed by atoms with E-state index in [1.807, 2.05) is 6.07 Å². The van der Waals surface area contributed by atoms with Gasteiger partial charge in [0, 0.05) is 5.02 Å². The molecule has 5 heteroatoms. The molecule has 0 aliphatic rings. The third-order valence-electron chi connectivity index (χ3n) is 1.67. The Morgan fingerprint density at radius 3 is 1.82 bits per heavy atom. The molecule has 2 N–H and O–H groups in total. The van der Waals surface area contributed by atoms with Crippen molar-refractivity contribution in [1.29, 1.82) is 0 Å². The number of halogens is 2. The van der Waals surface area contributed by atoms with E-state index in [0.29, 0.717) is 10.8 Å². The molecule has 86 valence electrons. The first-order valence-electron chi connectivity index (χ1n) is 4.47. The van der Waals surface area contributed by atoms with Crippen molar-refractivity contribution < 1.29 is 41.2 Å². The first kappa shape index (κ1) is 16.6. The summed E-state index contributed by atoms with van der Waals surface area (Å²) >= 11 is 11.0. The topological polar surface area (TPSA) is 40.5 Å². The van der Waals surface area contributed by atoms with Gasteiger partial charge >= 0.3 is 29.6 Å². The minimum atomic E-state index is 0. The maximum Gasteiger partial charge on any atom is 1.00 e. The van der Waals surface area contributed by atoms with Crippen LogP contribution in [-0.2, 0) is 0 Å². The summed E-state index contributed by atoms with van der Waals surface area (Å²) in [6.45, 7) is 0. The maximum atomic E-state index is 8.85. The number of aromatic hydroxyl groups is 2. The Morgan fingerprint density at radius 1 is 0.882 bits per heavy atom. The second-order valence-corrected chi connectivity index (χ2v) is 3.77. The second kappa shape index (κ2) is 8.67. The van der Waals surface area contributed by atoms with Crippen molar-refractivity contribution in [3.8, 4) is 11.5 Å². The SMILES string of the molecule is Oc1ccc(Cl)cc1Cl.Oc1ccccc1.[H-].[Na+]. The molecule has 0 aromatic heterocycles. The van der Waals surface area contributed by atoms with Gasteiger partial charge in [-0.25, -0.2) is 0 Å². The molecular formula is C12H11Cl2NaO2. The van der Waals surface area contributed by atoms with Gasteiger partial charge in [0.15, 0.2) is 0 Å². The number of benzene rings is 2. The monoisotopic (exact) mass is 280 g/mol. The van der Waals surface area contributed by atoms with Crippen LogP contribution in [0.25, 0.3) is 0 Å². The van der Waals surface area contributed by atoms with Crippen LogP contribution < -0.4 is 29.6 Å². The Kier molecular flexibility index (Phi) is 8.48. The molecular weight excluding hydrogens is 270 g/mol. The summed E-state index contributed by atoms with van der Waals surface area (Å²) < 4.78 is 0. The maximum absolute atomic E-state index is 8.85. The molecule has 0 bridgehead atoms. The number of para-hydroxylation sites is 1. The third-order valence-corrected chi connectivity index (χ3v) is 2.20. The van der Waals surface area contributed by atoms with Crippen molar-refractivity contribution in [3.63, 3.8) is 0 Å². The average Bonchev–Trinajstić information content (AvgIpc) is 2.26. The van der Waals surface area contributed by atoms with Gasteiger partial charge in [-0.15, -0.1) is 0 Å². The molecule has 0 saturated heterocycles. The average molecular weight is 281 g/mol. The third kappa shape index (κ3) is 6.81. The fraction of sp³-hybridized carbons (Fsp3) is 0. The standard InChI is InChI=1S/C6H4Cl2O.C6H6O.Na.H/c7-4-1-2-6(9)5(8)3-4;7-6-4-2-1-3-5-6;;/h1-3,9H;1-5,7H;;/q;;+1;-1. The Bertz CT molecular complexity index is 455. The van der Waals surface area contributed by atoms with Gasteiger partial charge in [-0.3, -0.25) is 0 Å². The van der Waals surface area contributed by atoms with Crippen molar-refractivity contribution in [2.45, 2.75) is 0 Å². The van der Waals surface area contributed by atoms with Crippen molar-refractivity contribution in [1.82, 2.24) is 0 Å². The van der Waals surface area contributed by atoms with Gasteiger partial charge in [0.1, 0.15) is 11.5 Å². The molecule has 2 aromatic carbocycles. The molecule has 0 unspecified atom stereocenters. The van der Waals surface area contributed by atoms with Crippen molar-refractivity contribution in [2.75, 3.05) is 0 Å². The number of phenolic OH excluding ortho intramolecular Hbond substituents is 2. The van der Waals surface area contributed by atoms with E-state index < -0.39 is 0 Å². The van der Waals surface area contributed by atoms with E-state index in [1.54, 1.807) is 30.3 Å². The van der Waals surface area contributed by atoms with Gasteiger partial charge in [-0.05, 0) is 30.3 Å². The van der Waals surface area contributed by atoms with Crippen LogP contribution in [0.1, 0.15) is 1.43 Å². The van der Waals surface area contributed by atoms with E-state index >= 15 is 0 Å². The van der Waals surface area contributed by atoms with Gasteiger partial charge < -0.3 is 11.6 Å². The molecule has 0 heterocycles. The van der Waals surface area contributed by atoms with Gasteiger partial charge in [-0.2, -0.15) is 0 Å². The number of phenols is 2. The van der Waals surface area contributed by atoms with E-state index in [2.05, 4.69) is 0 Å². The smallest absolute Gasteiger partial charge is 1.00 e. The largest absolute Gasteiger partial charge is 1.00 e. The van der Waals surface area contributed by atoms with Crippen LogP contribution in [0.5, 0.6) is 11.5 Å². The normalized spacial score (nSPS) is 8.59. The molecule has 0 aliphatic heterocycles. The Balaban J connectivity index is 0. The van der Waals surface area contributed by atoms with E-state index in [4.69, 9.17) is 33.4 Å². The van der Waals surface area contributed by atoms with Crippen molar-refractivity contribution >= 4 is 23.2 Å². The summed E-state index contributed by atoms with van der Waals surface area (Å²) in [5.41, 5.74) is 0. The Hall–Kier alpha value is -0.380. The summed E-state index contributed by atoms with van der Waals surface area (Å²) in [4.78, 5) is 0. The summed E-state index contributed by atoms with van der Waals surface area (Å²) in [5.74, 6) is 0.378. The van der Waals surface area contributed by atoms with Gasteiger partial charge in [0.05, 0.1) is 5.02 Å². The molecule has 2 nitrogen and oxygen atoms in total. The second-order valence-electron chi connectivity index (χ2n) is 2.93. The van der Waals surface area contributed by atoms with Crippen LogP contribution in [0.4, 0.5) is 0 Å². The van der Waals surface area contributed by atoms with Gasteiger partial charge in [0.2, 0.25) is 0 Å².